The van der Waals surface area contributed by atoms with E-state index in [-0.39, 0.29) is 5.82 Å². The Morgan fingerprint density at radius 3 is 2.59 bits per heavy atom. The van der Waals surface area contributed by atoms with Crippen molar-refractivity contribution in [2.24, 2.45) is 0 Å². The van der Waals surface area contributed by atoms with Gasteiger partial charge in [0.15, 0.2) is 0 Å². The zero-order chi connectivity index (χ0) is 12.5. The lowest BCUT2D eigenvalue weighted by Crippen LogP contribution is -2.13. The van der Waals surface area contributed by atoms with Crippen molar-refractivity contribution >= 4 is 0 Å². The molecule has 0 spiro atoms. The number of unbranched alkanes of at least 4 members (excludes halogenated alkanes) is 3. The van der Waals surface area contributed by atoms with Crippen LogP contribution in [0.1, 0.15) is 43.7 Å². The molecule has 0 amide bonds. The molecule has 0 radical (unpaired) electrons. The van der Waals surface area contributed by atoms with E-state index in [1.807, 2.05) is 19.1 Å². The second-order valence-electron chi connectivity index (χ2n) is 4.60. The first kappa shape index (κ1) is 14.2. The molecule has 0 aliphatic heterocycles. The number of aryl methyl sites for hydroxylation is 2. The minimum absolute atomic E-state index is 0.0978. The van der Waals surface area contributed by atoms with Gasteiger partial charge in [-0.25, -0.2) is 4.39 Å². The summed E-state index contributed by atoms with van der Waals surface area (Å²) in [5.74, 6) is -0.0978. The fraction of sp³-hybridized carbons (Fsp3) is 0.600. The van der Waals surface area contributed by atoms with Gasteiger partial charge in [-0.05, 0) is 56.5 Å². The van der Waals surface area contributed by atoms with Crippen LogP contribution < -0.4 is 5.32 Å². The minimum atomic E-state index is -0.0978. The van der Waals surface area contributed by atoms with Gasteiger partial charge in [0.2, 0.25) is 0 Å². The fourth-order valence-electron chi connectivity index (χ4n) is 1.97. The van der Waals surface area contributed by atoms with E-state index in [4.69, 9.17) is 0 Å². The van der Waals surface area contributed by atoms with Gasteiger partial charge in [0.05, 0.1) is 0 Å². The Bertz CT molecular complexity index is 323. The molecule has 1 rings (SSSR count). The number of nitrogens with one attached hydrogen (secondary N) is 1. The van der Waals surface area contributed by atoms with Crippen molar-refractivity contribution in [3.63, 3.8) is 0 Å². The zero-order valence-corrected chi connectivity index (χ0v) is 11.1. The summed E-state index contributed by atoms with van der Waals surface area (Å²) in [7, 11) is 0. The van der Waals surface area contributed by atoms with Gasteiger partial charge in [-0.15, -0.1) is 0 Å². The van der Waals surface area contributed by atoms with Gasteiger partial charge in [0.25, 0.3) is 0 Å². The molecule has 2 heteroatoms. The van der Waals surface area contributed by atoms with Crippen molar-refractivity contribution in [2.75, 3.05) is 13.1 Å². The van der Waals surface area contributed by atoms with Crippen LogP contribution in [0.2, 0.25) is 0 Å². The number of hydrogen-bond acceptors (Lipinski definition) is 1. The van der Waals surface area contributed by atoms with Crippen LogP contribution in [0.3, 0.4) is 0 Å². The van der Waals surface area contributed by atoms with Gasteiger partial charge < -0.3 is 5.32 Å². The predicted octanol–water partition coefficient (Wildman–Crippen LogP) is 3.85. The highest BCUT2D eigenvalue weighted by Crippen LogP contribution is 2.12. The molecule has 0 aromatic heterocycles. The molecule has 0 saturated carbocycles. The van der Waals surface area contributed by atoms with E-state index < -0.39 is 0 Å². The monoisotopic (exact) mass is 237 g/mol. The van der Waals surface area contributed by atoms with E-state index in [1.54, 1.807) is 6.07 Å². The number of hydrogen-bond donors (Lipinski definition) is 1. The van der Waals surface area contributed by atoms with E-state index >= 15 is 0 Å². The van der Waals surface area contributed by atoms with Crippen LogP contribution in [0, 0.1) is 12.7 Å². The van der Waals surface area contributed by atoms with Gasteiger partial charge in [0.1, 0.15) is 5.82 Å². The second-order valence-corrected chi connectivity index (χ2v) is 4.60. The summed E-state index contributed by atoms with van der Waals surface area (Å²) in [4.78, 5) is 0. The summed E-state index contributed by atoms with van der Waals surface area (Å²) in [6, 6.07) is 5.45. The zero-order valence-electron chi connectivity index (χ0n) is 11.1. The standard InChI is InChI=1S/C15H24FN/c1-3-17-11-7-5-4-6-8-14-9-10-15(16)13(2)12-14/h9-10,12,17H,3-8,11H2,1-2H3. The Morgan fingerprint density at radius 1 is 1.12 bits per heavy atom. The highest BCUT2D eigenvalue weighted by atomic mass is 19.1. The Kier molecular flexibility index (Phi) is 6.87. The molecule has 0 fully saturated rings. The molecule has 96 valence electrons. The molecule has 1 aromatic rings. The molecule has 1 aromatic carbocycles. The third-order valence-corrected chi connectivity index (χ3v) is 3.04. The molecule has 17 heavy (non-hydrogen) atoms. The first-order valence-electron chi connectivity index (χ1n) is 6.69. The molecule has 1 nitrogen and oxygen atoms in total. The average molecular weight is 237 g/mol. The van der Waals surface area contributed by atoms with Crippen molar-refractivity contribution in [2.45, 2.75) is 46.0 Å². The van der Waals surface area contributed by atoms with Crippen molar-refractivity contribution in [1.82, 2.24) is 5.32 Å². The summed E-state index contributed by atoms with van der Waals surface area (Å²) in [6.45, 7) is 6.16. The van der Waals surface area contributed by atoms with Crippen LogP contribution >= 0.6 is 0 Å². The molecular weight excluding hydrogens is 213 g/mol. The minimum Gasteiger partial charge on any atom is -0.317 e. The largest absolute Gasteiger partial charge is 0.317 e. The van der Waals surface area contributed by atoms with E-state index in [2.05, 4.69) is 12.2 Å². The molecular formula is C15H24FN. The summed E-state index contributed by atoms with van der Waals surface area (Å²) < 4.78 is 13.1. The lowest BCUT2D eigenvalue weighted by Gasteiger charge is -2.04. The number of benzene rings is 1. The van der Waals surface area contributed by atoms with Crippen molar-refractivity contribution in [3.05, 3.63) is 35.1 Å². The smallest absolute Gasteiger partial charge is 0.126 e. The van der Waals surface area contributed by atoms with Crippen LogP contribution in [0.5, 0.6) is 0 Å². The van der Waals surface area contributed by atoms with Crippen molar-refractivity contribution in [3.8, 4) is 0 Å². The molecule has 0 atom stereocenters. The van der Waals surface area contributed by atoms with Crippen molar-refractivity contribution < 1.29 is 4.39 Å². The molecule has 0 saturated heterocycles. The van der Waals surface area contributed by atoms with Gasteiger partial charge in [-0.1, -0.05) is 31.9 Å². The maximum absolute atomic E-state index is 13.1. The number of rotatable bonds is 8. The van der Waals surface area contributed by atoms with Crippen LogP contribution in [0.25, 0.3) is 0 Å². The molecule has 0 heterocycles. The molecule has 0 bridgehead atoms. The maximum Gasteiger partial charge on any atom is 0.126 e. The van der Waals surface area contributed by atoms with Crippen LogP contribution in [-0.2, 0) is 6.42 Å². The summed E-state index contributed by atoms with van der Waals surface area (Å²) in [5, 5.41) is 3.33. The lowest BCUT2D eigenvalue weighted by molar-refractivity contribution is 0.596. The summed E-state index contributed by atoms with van der Waals surface area (Å²) in [6.07, 6.45) is 6.09. The Balaban J connectivity index is 2.11. The van der Waals surface area contributed by atoms with E-state index in [0.717, 1.165) is 25.1 Å². The van der Waals surface area contributed by atoms with Crippen LogP contribution in [-0.4, -0.2) is 13.1 Å². The first-order chi connectivity index (χ1) is 8.24. The topological polar surface area (TPSA) is 12.0 Å². The predicted molar refractivity (Wildman–Crippen MR) is 71.9 cm³/mol. The summed E-state index contributed by atoms with van der Waals surface area (Å²) >= 11 is 0. The maximum atomic E-state index is 13.1. The Morgan fingerprint density at radius 2 is 1.88 bits per heavy atom. The highest BCUT2D eigenvalue weighted by molar-refractivity contribution is 5.23. The van der Waals surface area contributed by atoms with Gasteiger partial charge in [-0.2, -0.15) is 0 Å². The third kappa shape index (κ3) is 5.83. The van der Waals surface area contributed by atoms with Gasteiger partial charge >= 0.3 is 0 Å². The molecule has 1 N–H and O–H groups in total. The summed E-state index contributed by atoms with van der Waals surface area (Å²) in [5.41, 5.74) is 2.02. The average Bonchev–Trinajstić information content (AvgIpc) is 2.32. The quantitative estimate of drug-likeness (QED) is 0.677. The Labute approximate surface area is 104 Å². The third-order valence-electron chi connectivity index (χ3n) is 3.04. The van der Waals surface area contributed by atoms with E-state index in [1.165, 1.54) is 31.2 Å². The van der Waals surface area contributed by atoms with E-state index in [0.29, 0.717) is 0 Å². The lowest BCUT2D eigenvalue weighted by atomic mass is 10.0. The van der Waals surface area contributed by atoms with Gasteiger partial charge in [0, 0.05) is 0 Å². The SMILES string of the molecule is CCNCCCCCCc1ccc(F)c(C)c1. The van der Waals surface area contributed by atoms with E-state index in [9.17, 15) is 4.39 Å². The second kappa shape index (κ2) is 8.24. The first-order valence-corrected chi connectivity index (χ1v) is 6.69. The van der Waals surface area contributed by atoms with Gasteiger partial charge in [-0.3, -0.25) is 0 Å². The molecule has 0 aliphatic carbocycles. The number of halogens is 1. The highest BCUT2D eigenvalue weighted by Gasteiger charge is 1.99. The van der Waals surface area contributed by atoms with Crippen LogP contribution in [0.15, 0.2) is 18.2 Å². The normalized spacial score (nSPS) is 10.8. The molecule has 0 aliphatic rings. The van der Waals surface area contributed by atoms with Crippen LogP contribution in [0.4, 0.5) is 4.39 Å². The molecule has 0 unspecified atom stereocenters. The van der Waals surface area contributed by atoms with Crippen molar-refractivity contribution in [1.29, 1.82) is 0 Å². The Hall–Kier alpha value is -0.890. The fourth-order valence-corrected chi connectivity index (χ4v) is 1.97.